The molecule has 1 N–H and O–H groups in total. The van der Waals surface area contributed by atoms with Crippen LogP contribution in [0.25, 0.3) is 0 Å². The summed E-state index contributed by atoms with van der Waals surface area (Å²) in [4.78, 5) is 13.2. The molecule has 2 unspecified atom stereocenters. The molecule has 1 aromatic carbocycles. The first kappa shape index (κ1) is 15.4. The Hall–Kier alpha value is -0.980. The van der Waals surface area contributed by atoms with Gasteiger partial charge in [-0.25, -0.2) is 0 Å². The summed E-state index contributed by atoms with van der Waals surface area (Å²) in [6, 6.07) is 5.49. The van der Waals surface area contributed by atoms with Crippen molar-refractivity contribution in [1.29, 1.82) is 0 Å². The highest BCUT2D eigenvalue weighted by molar-refractivity contribution is 9.10. The van der Waals surface area contributed by atoms with Crippen molar-refractivity contribution in [3.05, 3.63) is 38.3 Å². The highest BCUT2D eigenvalue weighted by Gasteiger charge is 2.36. The van der Waals surface area contributed by atoms with Gasteiger partial charge in [-0.05, 0) is 51.2 Å². The minimum atomic E-state index is -0.281. The molecule has 1 aromatic rings. The lowest BCUT2D eigenvalue weighted by atomic mass is 9.92. The predicted octanol–water partition coefficient (Wildman–Crippen LogP) is 2.96. The van der Waals surface area contributed by atoms with Crippen LogP contribution in [0.1, 0.15) is 24.9 Å². The van der Waals surface area contributed by atoms with E-state index in [0.717, 1.165) is 36.1 Å². The van der Waals surface area contributed by atoms with Crippen LogP contribution in [0.3, 0.4) is 0 Å². The fraction of sp³-hybridized carbons (Fsp3) is 0.571. The topological polar surface area (TPSA) is 58.4 Å². The van der Waals surface area contributed by atoms with E-state index < -0.39 is 0 Å². The number of nitro groups is 1. The number of halogens is 1. The van der Waals surface area contributed by atoms with Gasteiger partial charge in [0.1, 0.15) is 0 Å². The molecule has 5 nitrogen and oxygen atoms in total. The van der Waals surface area contributed by atoms with E-state index >= 15 is 0 Å². The number of hydrogen-bond donors (Lipinski definition) is 1. The third kappa shape index (κ3) is 3.19. The molecule has 110 valence electrons. The zero-order chi connectivity index (χ0) is 14.7. The van der Waals surface area contributed by atoms with Crippen LogP contribution in [0.5, 0.6) is 0 Å². The lowest BCUT2D eigenvalue weighted by Gasteiger charge is -2.25. The average Bonchev–Trinajstić information content (AvgIpc) is 2.77. The van der Waals surface area contributed by atoms with Gasteiger partial charge >= 0.3 is 0 Å². The fourth-order valence-electron chi connectivity index (χ4n) is 2.99. The van der Waals surface area contributed by atoms with Gasteiger partial charge in [-0.2, -0.15) is 0 Å². The SMILES string of the molecule is CCNCC1CCN(C)C1c1ccc(Br)cc1[N+](=O)[O-]. The van der Waals surface area contributed by atoms with Crippen LogP contribution in [-0.4, -0.2) is 36.5 Å². The molecular weight excluding hydrogens is 322 g/mol. The monoisotopic (exact) mass is 341 g/mol. The van der Waals surface area contributed by atoms with Crippen molar-refractivity contribution in [1.82, 2.24) is 10.2 Å². The van der Waals surface area contributed by atoms with Crippen LogP contribution in [0.2, 0.25) is 0 Å². The quantitative estimate of drug-likeness (QED) is 0.660. The molecule has 0 bridgehead atoms. The summed E-state index contributed by atoms with van der Waals surface area (Å²) in [7, 11) is 2.04. The van der Waals surface area contributed by atoms with Crippen LogP contribution in [0, 0.1) is 16.0 Å². The number of likely N-dealkylation sites (tertiary alicyclic amines) is 1. The van der Waals surface area contributed by atoms with Crippen molar-refractivity contribution in [3.63, 3.8) is 0 Å². The van der Waals surface area contributed by atoms with Crippen LogP contribution < -0.4 is 5.32 Å². The molecule has 0 saturated carbocycles. The van der Waals surface area contributed by atoms with Gasteiger partial charge in [-0.1, -0.05) is 22.9 Å². The van der Waals surface area contributed by atoms with Crippen LogP contribution in [-0.2, 0) is 0 Å². The molecule has 2 rings (SSSR count). The van der Waals surface area contributed by atoms with Gasteiger partial charge in [-0.3, -0.25) is 15.0 Å². The van der Waals surface area contributed by atoms with Gasteiger partial charge < -0.3 is 5.32 Å². The van der Waals surface area contributed by atoms with E-state index in [4.69, 9.17) is 0 Å². The summed E-state index contributed by atoms with van der Waals surface area (Å²) in [5, 5.41) is 14.7. The van der Waals surface area contributed by atoms with Crippen molar-refractivity contribution in [3.8, 4) is 0 Å². The Morgan fingerprint density at radius 3 is 2.95 bits per heavy atom. The predicted molar refractivity (Wildman–Crippen MR) is 82.8 cm³/mol. The number of nitro benzene ring substituents is 1. The van der Waals surface area contributed by atoms with Gasteiger partial charge in [0, 0.05) is 22.1 Å². The van der Waals surface area contributed by atoms with Gasteiger partial charge in [0.15, 0.2) is 0 Å². The number of nitrogens with zero attached hydrogens (tertiary/aromatic N) is 2. The molecule has 2 atom stereocenters. The summed E-state index contributed by atoms with van der Waals surface area (Å²) in [5.41, 5.74) is 1.03. The Bertz CT molecular complexity index is 495. The Kier molecular flexibility index (Phi) is 5.12. The van der Waals surface area contributed by atoms with Gasteiger partial charge in [0.25, 0.3) is 5.69 Å². The number of hydrogen-bond acceptors (Lipinski definition) is 4. The highest BCUT2D eigenvalue weighted by atomic mass is 79.9. The minimum absolute atomic E-state index is 0.113. The third-order valence-corrected chi connectivity index (χ3v) is 4.43. The maximum Gasteiger partial charge on any atom is 0.275 e. The number of rotatable bonds is 5. The summed E-state index contributed by atoms with van der Waals surface area (Å²) in [5.74, 6) is 0.417. The molecule has 1 fully saturated rings. The standard InChI is InChI=1S/C14H20BrN3O2/c1-3-16-9-10-6-7-17(2)14(10)12-5-4-11(15)8-13(12)18(19)20/h4-5,8,10,14,16H,3,6-7,9H2,1-2H3. The first-order chi connectivity index (χ1) is 9.54. The highest BCUT2D eigenvalue weighted by Crippen LogP contribution is 2.40. The molecule has 1 saturated heterocycles. The van der Waals surface area contributed by atoms with E-state index in [9.17, 15) is 10.1 Å². The molecule has 0 aromatic heterocycles. The summed E-state index contributed by atoms with van der Waals surface area (Å²) in [6.45, 7) is 4.89. The lowest BCUT2D eigenvalue weighted by Crippen LogP contribution is -2.28. The molecule has 0 radical (unpaired) electrons. The van der Waals surface area contributed by atoms with Crippen LogP contribution in [0.4, 0.5) is 5.69 Å². The van der Waals surface area contributed by atoms with Gasteiger partial charge in [-0.15, -0.1) is 0 Å². The van der Waals surface area contributed by atoms with Crippen molar-refractivity contribution in [2.24, 2.45) is 5.92 Å². The molecular formula is C14H20BrN3O2. The van der Waals surface area contributed by atoms with Crippen LogP contribution >= 0.6 is 15.9 Å². The molecule has 1 aliphatic rings. The zero-order valence-electron chi connectivity index (χ0n) is 11.8. The van der Waals surface area contributed by atoms with E-state index in [2.05, 4.69) is 33.1 Å². The molecule has 0 amide bonds. The van der Waals surface area contributed by atoms with Crippen molar-refractivity contribution in [2.45, 2.75) is 19.4 Å². The summed E-state index contributed by atoms with van der Waals surface area (Å²) in [6.07, 6.45) is 1.07. The largest absolute Gasteiger partial charge is 0.317 e. The second-order valence-corrected chi connectivity index (χ2v) is 6.16. The summed E-state index contributed by atoms with van der Waals surface area (Å²) >= 11 is 3.31. The second-order valence-electron chi connectivity index (χ2n) is 5.24. The second kappa shape index (κ2) is 6.65. The maximum absolute atomic E-state index is 11.3. The van der Waals surface area contributed by atoms with Crippen molar-refractivity contribution < 1.29 is 4.92 Å². The Morgan fingerprint density at radius 1 is 1.55 bits per heavy atom. The van der Waals surface area contributed by atoms with E-state index in [1.54, 1.807) is 6.07 Å². The normalized spacial score (nSPS) is 23.1. The maximum atomic E-state index is 11.3. The molecule has 1 aliphatic heterocycles. The lowest BCUT2D eigenvalue weighted by molar-refractivity contribution is -0.386. The molecule has 6 heteroatoms. The van der Waals surface area contributed by atoms with E-state index in [-0.39, 0.29) is 16.7 Å². The zero-order valence-corrected chi connectivity index (χ0v) is 13.4. The first-order valence-electron chi connectivity index (χ1n) is 6.89. The summed E-state index contributed by atoms with van der Waals surface area (Å²) < 4.78 is 0.747. The van der Waals surface area contributed by atoms with Crippen LogP contribution in [0.15, 0.2) is 22.7 Å². The van der Waals surface area contributed by atoms with E-state index in [1.807, 2.05) is 19.2 Å². The van der Waals surface area contributed by atoms with E-state index in [0.29, 0.717) is 5.92 Å². The molecule has 0 spiro atoms. The Labute approximate surface area is 127 Å². The number of nitrogens with one attached hydrogen (secondary N) is 1. The molecule has 20 heavy (non-hydrogen) atoms. The van der Waals surface area contributed by atoms with Crippen molar-refractivity contribution in [2.75, 3.05) is 26.7 Å². The third-order valence-electron chi connectivity index (χ3n) is 3.94. The Balaban J connectivity index is 2.34. The van der Waals surface area contributed by atoms with Crippen molar-refractivity contribution >= 4 is 21.6 Å². The fourth-order valence-corrected chi connectivity index (χ4v) is 3.34. The van der Waals surface area contributed by atoms with Gasteiger partial charge in [0.2, 0.25) is 0 Å². The first-order valence-corrected chi connectivity index (χ1v) is 7.68. The molecule has 0 aliphatic carbocycles. The van der Waals surface area contributed by atoms with Gasteiger partial charge in [0.05, 0.1) is 4.92 Å². The molecule has 1 heterocycles. The minimum Gasteiger partial charge on any atom is -0.317 e. The van der Waals surface area contributed by atoms with E-state index in [1.165, 1.54) is 0 Å². The number of benzene rings is 1. The average molecular weight is 342 g/mol. The smallest absolute Gasteiger partial charge is 0.275 e. The Morgan fingerprint density at radius 2 is 2.30 bits per heavy atom.